The molecule has 2 aliphatic rings. The van der Waals surface area contributed by atoms with Crippen LogP contribution in [-0.2, 0) is 0 Å². The van der Waals surface area contributed by atoms with Gasteiger partial charge in [-0.05, 0) is 42.2 Å². The van der Waals surface area contributed by atoms with Crippen LogP contribution in [0, 0.1) is 5.92 Å². The van der Waals surface area contributed by atoms with Gasteiger partial charge in [0.25, 0.3) is 5.91 Å². The van der Waals surface area contributed by atoms with Gasteiger partial charge in [-0.15, -0.1) is 0 Å². The van der Waals surface area contributed by atoms with Gasteiger partial charge >= 0.3 is 0 Å². The number of nitrogens with zero attached hydrogens (tertiary/aromatic N) is 1. The summed E-state index contributed by atoms with van der Waals surface area (Å²) < 4.78 is 0.929. The van der Waals surface area contributed by atoms with Crippen molar-refractivity contribution in [2.24, 2.45) is 5.92 Å². The molecule has 0 fully saturated rings. The Morgan fingerprint density at radius 2 is 2.04 bits per heavy atom. The topological polar surface area (TPSA) is 52.6 Å². The van der Waals surface area contributed by atoms with Crippen LogP contribution in [0.4, 0.5) is 5.69 Å². The first-order valence-electron chi connectivity index (χ1n) is 8.73. The molecule has 0 spiro atoms. The lowest BCUT2D eigenvalue weighted by Crippen LogP contribution is -2.32. The van der Waals surface area contributed by atoms with E-state index in [1.807, 2.05) is 24.3 Å². The van der Waals surface area contributed by atoms with Crippen molar-refractivity contribution in [3.05, 3.63) is 69.7 Å². The summed E-state index contributed by atoms with van der Waals surface area (Å²) in [6.45, 7) is 0. The van der Waals surface area contributed by atoms with E-state index in [4.69, 9.17) is 0 Å². The third-order valence-corrected chi connectivity index (χ3v) is 5.85. The third kappa shape index (κ3) is 2.71. The molecule has 0 saturated heterocycles. The van der Waals surface area contributed by atoms with Gasteiger partial charge in [-0.25, -0.2) is 0 Å². The van der Waals surface area contributed by atoms with Crippen molar-refractivity contribution in [2.45, 2.75) is 18.4 Å². The standard InChI is InChI=1S/C21H21BrN2O2/c1-24(2)21(26)16-8-4-7-14-13-5-3-6-15(13)20(23-19(14)16)17-11-12(22)9-10-18(17)25/h3-5,7-11,13,15,20,23,25H,6H2,1-2H3. The van der Waals surface area contributed by atoms with E-state index in [9.17, 15) is 9.90 Å². The van der Waals surface area contributed by atoms with Gasteiger partial charge in [0.2, 0.25) is 0 Å². The number of phenols is 1. The number of hydrogen-bond donors (Lipinski definition) is 2. The third-order valence-electron chi connectivity index (χ3n) is 5.36. The highest BCUT2D eigenvalue weighted by Crippen LogP contribution is 2.52. The molecule has 2 aromatic carbocycles. The molecular weight excluding hydrogens is 392 g/mol. The molecular formula is C21H21BrN2O2. The molecule has 4 rings (SSSR count). The summed E-state index contributed by atoms with van der Waals surface area (Å²) in [7, 11) is 3.53. The van der Waals surface area contributed by atoms with E-state index in [1.165, 1.54) is 0 Å². The number of allylic oxidation sites excluding steroid dienone is 2. The average molecular weight is 413 g/mol. The Kier molecular flexibility index (Phi) is 4.27. The van der Waals surface area contributed by atoms with Crippen molar-refractivity contribution in [1.82, 2.24) is 4.90 Å². The Morgan fingerprint density at radius 3 is 2.81 bits per heavy atom. The van der Waals surface area contributed by atoms with Gasteiger partial charge in [-0.1, -0.05) is 40.2 Å². The molecule has 0 radical (unpaired) electrons. The fourth-order valence-corrected chi connectivity index (χ4v) is 4.50. The maximum atomic E-state index is 12.7. The smallest absolute Gasteiger partial charge is 0.255 e. The second-order valence-corrected chi connectivity index (χ2v) is 8.06. The van der Waals surface area contributed by atoms with Gasteiger partial charge in [0.1, 0.15) is 5.75 Å². The van der Waals surface area contributed by atoms with E-state index in [0.29, 0.717) is 11.5 Å². The van der Waals surface area contributed by atoms with Gasteiger partial charge in [-0.2, -0.15) is 0 Å². The summed E-state index contributed by atoms with van der Waals surface area (Å²) in [6.07, 6.45) is 5.38. The summed E-state index contributed by atoms with van der Waals surface area (Å²) in [6, 6.07) is 11.4. The number of phenolic OH excluding ortho intramolecular Hbond substituents is 1. The molecule has 0 saturated carbocycles. The van der Waals surface area contributed by atoms with Crippen LogP contribution in [0.15, 0.2) is 53.0 Å². The SMILES string of the molecule is CN(C)C(=O)c1cccc2c1NC(c1cc(Br)ccc1O)C1CC=CC21. The number of amides is 1. The monoisotopic (exact) mass is 412 g/mol. The van der Waals surface area contributed by atoms with Crippen LogP contribution in [0.1, 0.15) is 39.9 Å². The van der Waals surface area contributed by atoms with Gasteiger partial charge in [0.05, 0.1) is 17.3 Å². The van der Waals surface area contributed by atoms with Crippen LogP contribution in [-0.4, -0.2) is 30.0 Å². The van der Waals surface area contributed by atoms with Gasteiger partial charge in [0, 0.05) is 30.0 Å². The molecule has 0 bridgehead atoms. The number of carbonyl (C=O) groups excluding carboxylic acids is 1. The lowest BCUT2D eigenvalue weighted by molar-refractivity contribution is 0.0828. The summed E-state index contributed by atoms with van der Waals surface area (Å²) >= 11 is 3.51. The van der Waals surface area contributed by atoms with E-state index >= 15 is 0 Å². The van der Waals surface area contributed by atoms with E-state index < -0.39 is 0 Å². The van der Waals surface area contributed by atoms with Crippen LogP contribution in [0.3, 0.4) is 0 Å². The first-order valence-corrected chi connectivity index (χ1v) is 9.53. The first kappa shape index (κ1) is 17.2. The summed E-state index contributed by atoms with van der Waals surface area (Å²) in [5, 5.41) is 14.1. The van der Waals surface area contributed by atoms with Crippen molar-refractivity contribution in [2.75, 3.05) is 19.4 Å². The number of benzene rings is 2. The molecule has 2 aromatic rings. The summed E-state index contributed by atoms with van der Waals surface area (Å²) in [5.41, 5.74) is 3.56. The molecule has 3 atom stereocenters. The van der Waals surface area contributed by atoms with Crippen LogP contribution < -0.4 is 5.32 Å². The van der Waals surface area contributed by atoms with Gasteiger partial charge < -0.3 is 15.3 Å². The van der Waals surface area contributed by atoms with Crippen LogP contribution >= 0.6 is 15.9 Å². The molecule has 0 aromatic heterocycles. The molecule has 1 aliphatic carbocycles. The Labute approximate surface area is 161 Å². The zero-order valence-corrected chi connectivity index (χ0v) is 16.3. The number of nitrogens with one attached hydrogen (secondary N) is 1. The number of carbonyl (C=O) groups is 1. The van der Waals surface area contributed by atoms with Crippen molar-refractivity contribution in [3.8, 4) is 5.75 Å². The summed E-state index contributed by atoms with van der Waals surface area (Å²) in [4.78, 5) is 14.3. The molecule has 2 N–H and O–H groups in total. The number of aromatic hydroxyl groups is 1. The lowest BCUT2D eigenvalue weighted by Gasteiger charge is -2.38. The lowest BCUT2D eigenvalue weighted by atomic mass is 9.76. The fourth-order valence-electron chi connectivity index (χ4n) is 4.12. The number of para-hydroxylation sites is 1. The highest BCUT2D eigenvalue weighted by molar-refractivity contribution is 9.10. The van der Waals surface area contributed by atoms with E-state index in [0.717, 1.165) is 27.7 Å². The molecule has 3 unspecified atom stereocenters. The predicted octanol–water partition coefficient (Wildman–Crippen LogP) is 4.68. The predicted molar refractivity (Wildman–Crippen MR) is 107 cm³/mol. The van der Waals surface area contributed by atoms with Crippen molar-refractivity contribution in [3.63, 3.8) is 0 Å². The minimum atomic E-state index is -0.0592. The van der Waals surface area contributed by atoms with E-state index in [1.54, 1.807) is 25.1 Å². The minimum Gasteiger partial charge on any atom is -0.508 e. The highest BCUT2D eigenvalue weighted by atomic mass is 79.9. The maximum absolute atomic E-state index is 12.7. The Balaban J connectivity index is 1.86. The first-order chi connectivity index (χ1) is 12.5. The summed E-state index contributed by atoms with van der Waals surface area (Å²) in [5.74, 6) is 0.806. The molecule has 26 heavy (non-hydrogen) atoms. The Bertz CT molecular complexity index is 907. The minimum absolute atomic E-state index is 0.0213. The fraction of sp³-hybridized carbons (Fsp3) is 0.286. The number of rotatable bonds is 2. The molecule has 5 heteroatoms. The van der Waals surface area contributed by atoms with E-state index in [2.05, 4.69) is 39.5 Å². The normalized spacial score (nSPS) is 23.1. The van der Waals surface area contributed by atoms with Crippen LogP contribution in [0.2, 0.25) is 0 Å². The maximum Gasteiger partial charge on any atom is 0.255 e. The zero-order valence-electron chi connectivity index (χ0n) is 14.7. The van der Waals surface area contributed by atoms with Crippen molar-refractivity contribution in [1.29, 1.82) is 0 Å². The van der Waals surface area contributed by atoms with Crippen LogP contribution in [0.5, 0.6) is 5.75 Å². The van der Waals surface area contributed by atoms with E-state index in [-0.39, 0.29) is 23.6 Å². The average Bonchev–Trinajstić information content (AvgIpc) is 3.12. The highest BCUT2D eigenvalue weighted by Gasteiger charge is 2.40. The van der Waals surface area contributed by atoms with Crippen molar-refractivity contribution >= 4 is 27.5 Å². The number of anilines is 1. The molecule has 1 amide bonds. The zero-order chi connectivity index (χ0) is 18.4. The van der Waals surface area contributed by atoms with Crippen molar-refractivity contribution < 1.29 is 9.90 Å². The van der Waals surface area contributed by atoms with Crippen LogP contribution in [0.25, 0.3) is 0 Å². The molecule has 134 valence electrons. The van der Waals surface area contributed by atoms with Gasteiger partial charge in [-0.3, -0.25) is 4.79 Å². The molecule has 1 aliphatic heterocycles. The largest absolute Gasteiger partial charge is 0.508 e. The number of fused-ring (bicyclic) bond motifs is 3. The molecule has 4 nitrogen and oxygen atoms in total. The Morgan fingerprint density at radius 1 is 1.23 bits per heavy atom. The number of halogens is 1. The number of hydrogen-bond acceptors (Lipinski definition) is 3. The molecule has 1 heterocycles. The quantitative estimate of drug-likeness (QED) is 0.703. The second-order valence-electron chi connectivity index (χ2n) is 7.15. The van der Waals surface area contributed by atoms with Gasteiger partial charge in [0.15, 0.2) is 0 Å². The second kappa shape index (κ2) is 6.47. The Hall–Kier alpha value is -2.27.